The predicted octanol–water partition coefficient (Wildman–Crippen LogP) is -4.54. The second-order valence-corrected chi connectivity index (χ2v) is 6.02. The molecular weight excluding hydrogens is 394 g/mol. The van der Waals surface area contributed by atoms with E-state index in [0.717, 1.165) is 0 Å². The van der Waals surface area contributed by atoms with E-state index in [4.69, 9.17) is 22.3 Å². The maximum absolute atomic E-state index is 12.0. The molecule has 0 aromatic rings. The molecule has 0 aliphatic rings. The molecule has 0 aliphatic carbocycles. The Morgan fingerprint density at radius 1 is 1.07 bits per heavy atom. The minimum Gasteiger partial charge on any atom is -0.480 e. The first-order valence-electron chi connectivity index (χ1n) is 8.25. The van der Waals surface area contributed by atoms with Gasteiger partial charge in [-0.05, 0) is 12.8 Å². The number of aliphatic carboxylic acids is 1. The number of nitrogens with zero attached hydrogens (tertiary/aromatic N) is 1. The van der Waals surface area contributed by atoms with Crippen LogP contribution in [0.3, 0.4) is 0 Å². The Labute approximate surface area is 166 Å². The van der Waals surface area contributed by atoms with Crippen LogP contribution in [0, 0.1) is 0 Å². The van der Waals surface area contributed by atoms with Gasteiger partial charge in [0.1, 0.15) is 12.1 Å². The zero-order valence-electron chi connectivity index (χ0n) is 15.1. The molecule has 28 heavy (non-hydrogen) atoms. The van der Waals surface area contributed by atoms with E-state index in [1.54, 1.807) is 0 Å². The van der Waals surface area contributed by atoms with Gasteiger partial charge in [0.2, 0.25) is 17.7 Å². The van der Waals surface area contributed by atoms with Crippen molar-refractivity contribution in [1.29, 1.82) is 0 Å². The fourth-order valence-corrected chi connectivity index (χ4v) is 2.09. The average Bonchev–Trinajstić information content (AvgIpc) is 2.64. The number of carbonyl (C=O) groups is 4. The lowest BCUT2D eigenvalue weighted by atomic mass is 10.1. The summed E-state index contributed by atoms with van der Waals surface area (Å²) in [6.45, 7) is -0.992. The first-order chi connectivity index (χ1) is 13.1. The van der Waals surface area contributed by atoms with Gasteiger partial charge in [0.15, 0.2) is 5.96 Å². The standard InChI is InChI=1S/C14H27N7O6S/c15-7(2-1-3-18-14(16)17)11(24)21-8(5-22)12(25)19-4-10(23)20-9(6-28)13(26)27/h7-9,22,28H,1-6,15H2,(H,19,25)(H,20,23)(H,21,24)(H,26,27)(H4,16,17,18). The van der Waals surface area contributed by atoms with Crippen molar-refractivity contribution >= 4 is 42.3 Å². The molecule has 14 heteroatoms. The van der Waals surface area contributed by atoms with E-state index < -0.39 is 55.0 Å². The molecule has 0 radical (unpaired) electrons. The highest BCUT2D eigenvalue weighted by Crippen LogP contribution is 1.97. The number of nitrogens with two attached hydrogens (primary N) is 3. The molecular formula is C14H27N7O6S. The smallest absolute Gasteiger partial charge is 0.327 e. The lowest BCUT2D eigenvalue weighted by molar-refractivity contribution is -0.141. The van der Waals surface area contributed by atoms with Crippen molar-refractivity contribution < 1.29 is 29.4 Å². The van der Waals surface area contributed by atoms with Crippen molar-refractivity contribution in [2.45, 2.75) is 31.0 Å². The van der Waals surface area contributed by atoms with Crippen LogP contribution in [0.2, 0.25) is 0 Å². The van der Waals surface area contributed by atoms with Gasteiger partial charge in [-0.2, -0.15) is 12.6 Å². The van der Waals surface area contributed by atoms with E-state index in [9.17, 15) is 24.3 Å². The number of aliphatic hydroxyl groups excluding tert-OH is 1. The number of rotatable bonds is 13. The van der Waals surface area contributed by atoms with Crippen molar-refractivity contribution in [2.24, 2.45) is 22.2 Å². The van der Waals surface area contributed by atoms with Crippen molar-refractivity contribution in [3.63, 3.8) is 0 Å². The minimum absolute atomic E-state index is 0.0804. The van der Waals surface area contributed by atoms with Gasteiger partial charge in [0.05, 0.1) is 19.2 Å². The first kappa shape index (κ1) is 25.4. The van der Waals surface area contributed by atoms with Crippen molar-refractivity contribution in [3.8, 4) is 0 Å². The molecule has 0 aromatic carbocycles. The number of thiol groups is 1. The van der Waals surface area contributed by atoms with Gasteiger partial charge in [-0.25, -0.2) is 4.79 Å². The third-order valence-corrected chi connectivity index (χ3v) is 3.72. The summed E-state index contributed by atoms with van der Waals surface area (Å²) in [4.78, 5) is 50.1. The molecule has 13 nitrogen and oxygen atoms in total. The van der Waals surface area contributed by atoms with Crippen molar-refractivity contribution in [1.82, 2.24) is 16.0 Å². The Hall–Kier alpha value is -2.58. The molecule has 0 saturated heterocycles. The molecule has 3 amide bonds. The zero-order chi connectivity index (χ0) is 21.7. The number of aliphatic imine (C=N–C) groups is 1. The Balaban J connectivity index is 4.43. The van der Waals surface area contributed by atoms with Crippen LogP contribution in [0.15, 0.2) is 4.99 Å². The number of nitrogens with one attached hydrogen (secondary N) is 3. The summed E-state index contributed by atoms with van der Waals surface area (Å²) in [6.07, 6.45) is 0.670. The summed E-state index contributed by atoms with van der Waals surface area (Å²) >= 11 is 3.79. The predicted molar refractivity (Wildman–Crippen MR) is 103 cm³/mol. The second kappa shape index (κ2) is 13.6. The third kappa shape index (κ3) is 10.5. The lowest BCUT2D eigenvalue weighted by Crippen LogP contribution is -2.55. The van der Waals surface area contributed by atoms with Crippen molar-refractivity contribution in [3.05, 3.63) is 0 Å². The van der Waals surface area contributed by atoms with Gasteiger partial charge in [0, 0.05) is 12.3 Å². The van der Waals surface area contributed by atoms with Crippen LogP contribution < -0.4 is 33.2 Å². The van der Waals surface area contributed by atoms with Crippen LogP contribution in [0.4, 0.5) is 0 Å². The number of carbonyl (C=O) groups excluding carboxylic acids is 3. The Bertz CT molecular complexity index is 585. The van der Waals surface area contributed by atoms with Crippen LogP contribution in [0.1, 0.15) is 12.8 Å². The summed E-state index contributed by atoms with van der Waals surface area (Å²) < 4.78 is 0. The van der Waals surface area contributed by atoms with Crippen LogP contribution in [-0.4, -0.2) is 83.4 Å². The average molecular weight is 421 g/mol. The van der Waals surface area contributed by atoms with Gasteiger partial charge < -0.3 is 43.4 Å². The van der Waals surface area contributed by atoms with E-state index in [0.29, 0.717) is 6.42 Å². The Morgan fingerprint density at radius 3 is 2.21 bits per heavy atom. The van der Waals surface area contributed by atoms with E-state index >= 15 is 0 Å². The van der Waals surface area contributed by atoms with Gasteiger partial charge in [-0.1, -0.05) is 0 Å². The van der Waals surface area contributed by atoms with E-state index in [1.807, 2.05) is 0 Å². The molecule has 3 atom stereocenters. The molecule has 0 spiro atoms. The number of carboxylic acid groups (broad SMARTS) is 1. The Morgan fingerprint density at radius 2 is 1.71 bits per heavy atom. The van der Waals surface area contributed by atoms with Gasteiger partial charge in [-0.3, -0.25) is 19.4 Å². The molecule has 0 saturated carbocycles. The highest BCUT2D eigenvalue weighted by atomic mass is 32.1. The van der Waals surface area contributed by atoms with E-state index in [1.165, 1.54) is 0 Å². The molecule has 11 N–H and O–H groups in total. The molecule has 3 unspecified atom stereocenters. The topological polar surface area (TPSA) is 235 Å². The fraction of sp³-hybridized carbons (Fsp3) is 0.643. The molecule has 160 valence electrons. The zero-order valence-corrected chi connectivity index (χ0v) is 16.0. The molecule has 0 rings (SSSR count). The fourth-order valence-electron chi connectivity index (χ4n) is 1.84. The normalized spacial score (nSPS) is 13.5. The first-order valence-corrected chi connectivity index (χ1v) is 8.88. The summed E-state index contributed by atoms with van der Waals surface area (Å²) in [5.41, 5.74) is 16.0. The van der Waals surface area contributed by atoms with Gasteiger partial charge >= 0.3 is 5.97 Å². The summed E-state index contributed by atoms with van der Waals surface area (Å²) in [5, 5.41) is 24.7. The molecule has 0 fully saturated rings. The van der Waals surface area contributed by atoms with Crippen LogP contribution in [-0.2, 0) is 19.2 Å². The van der Waals surface area contributed by atoms with Crippen molar-refractivity contribution in [2.75, 3.05) is 25.4 Å². The van der Waals surface area contributed by atoms with Crippen LogP contribution in [0.25, 0.3) is 0 Å². The number of hydrogen-bond donors (Lipinski definition) is 9. The number of amides is 3. The molecule has 0 aromatic heterocycles. The second-order valence-electron chi connectivity index (χ2n) is 5.66. The van der Waals surface area contributed by atoms with E-state index in [2.05, 4.69) is 33.6 Å². The largest absolute Gasteiger partial charge is 0.480 e. The van der Waals surface area contributed by atoms with Gasteiger partial charge in [-0.15, -0.1) is 0 Å². The molecule has 0 aliphatic heterocycles. The molecule has 0 bridgehead atoms. The quantitative estimate of drug-likeness (QED) is 0.0601. The van der Waals surface area contributed by atoms with E-state index in [-0.39, 0.29) is 24.7 Å². The monoisotopic (exact) mass is 421 g/mol. The third-order valence-electron chi connectivity index (χ3n) is 3.36. The minimum atomic E-state index is -1.33. The maximum atomic E-state index is 12.0. The maximum Gasteiger partial charge on any atom is 0.327 e. The highest BCUT2D eigenvalue weighted by Gasteiger charge is 2.24. The number of carboxylic acids is 1. The lowest BCUT2D eigenvalue weighted by Gasteiger charge is -2.19. The van der Waals surface area contributed by atoms with Gasteiger partial charge in [0.25, 0.3) is 0 Å². The number of hydrogen-bond acceptors (Lipinski definition) is 8. The summed E-state index contributed by atoms with van der Waals surface area (Å²) in [6, 6.07) is -3.49. The number of aliphatic hydroxyl groups is 1. The Kier molecular flexibility index (Phi) is 12.3. The summed E-state index contributed by atoms with van der Waals surface area (Å²) in [7, 11) is 0. The van der Waals surface area contributed by atoms with Crippen LogP contribution in [0.5, 0.6) is 0 Å². The summed E-state index contributed by atoms with van der Waals surface area (Å²) in [5.74, 6) is -3.77. The number of guanidine groups is 1. The SMILES string of the molecule is NC(N)=NCCCC(N)C(=O)NC(CO)C(=O)NCC(=O)NC(CS)C(=O)O. The highest BCUT2D eigenvalue weighted by molar-refractivity contribution is 7.80. The molecule has 0 heterocycles. The van der Waals surface area contributed by atoms with Crippen LogP contribution >= 0.6 is 12.6 Å².